The third kappa shape index (κ3) is 3.20. The van der Waals surface area contributed by atoms with E-state index >= 15 is 0 Å². The number of rotatable bonds is 4. The predicted octanol–water partition coefficient (Wildman–Crippen LogP) is 5.06. The van der Waals surface area contributed by atoms with Crippen molar-refractivity contribution in [2.24, 2.45) is 7.05 Å². The van der Waals surface area contributed by atoms with Gasteiger partial charge in [0.1, 0.15) is 5.75 Å². The average Bonchev–Trinajstić information content (AvgIpc) is 2.89. The van der Waals surface area contributed by atoms with Crippen LogP contribution in [-0.2, 0) is 7.05 Å². The Morgan fingerprint density at radius 2 is 1.67 bits per heavy atom. The van der Waals surface area contributed by atoms with Crippen LogP contribution in [0.4, 0.5) is 8.78 Å². The molecule has 0 radical (unpaired) electrons. The number of benzene rings is 2. The lowest BCUT2D eigenvalue weighted by Gasteiger charge is -2.10. The molecule has 0 amide bonds. The fourth-order valence-electron chi connectivity index (χ4n) is 2.32. The minimum Gasteiger partial charge on any atom is -0.434 e. The molecule has 0 atom stereocenters. The van der Waals surface area contributed by atoms with Gasteiger partial charge in [-0.1, -0.05) is 35.3 Å². The maximum Gasteiger partial charge on any atom is 0.387 e. The van der Waals surface area contributed by atoms with E-state index in [-0.39, 0.29) is 5.75 Å². The largest absolute Gasteiger partial charge is 0.434 e. The minimum atomic E-state index is -2.93. The van der Waals surface area contributed by atoms with Crippen molar-refractivity contribution in [3.63, 3.8) is 0 Å². The standard InChI is InChI=1S/C16H11Cl2F2N3O/c1-23-14(10-7-6-9(17)8-12(10)18)21-22-15(23)11-4-2-3-5-13(11)24-16(19)20/h2-8,16H,1H3. The number of hydrogen-bond donors (Lipinski definition) is 0. The number of nitrogens with zero attached hydrogens (tertiary/aromatic N) is 3. The van der Waals surface area contributed by atoms with Crippen LogP contribution in [-0.4, -0.2) is 21.4 Å². The Balaban J connectivity index is 2.08. The van der Waals surface area contributed by atoms with Gasteiger partial charge in [-0.3, -0.25) is 0 Å². The predicted molar refractivity (Wildman–Crippen MR) is 88.5 cm³/mol. The highest BCUT2D eigenvalue weighted by Gasteiger charge is 2.19. The molecule has 0 bridgehead atoms. The zero-order chi connectivity index (χ0) is 17.3. The lowest BCUT2D eigenvalue weighted by atomic mass is 10.1. The Hall–Kier alpha value is -2.18. The molecule has 124 valence electrons. The molecule has 0 saturated carbocycles. The summed E-state index contributed by atoms with van der Waals surface area (Å²) < 4.78 is 31.4. The molecule has 0 saturated heterocycles. The molecule has 4 nitrogen and oxygen atoms in total. The molecule has 8 heteroatoms. The summed E-state index contributed by atoms with van der Waals surface area (Å²) in [6.45, 7) is -2.93. The second-order valence-corrected chi connectivity index (χ2v) is 5.75. The summed E-state index contributed by atoms with van der Waals surface area (Å²) in [7, 11) is 1.72. The van der Waals surface area contributed by atoms with Gasteiger partial charge in [0.2, 0.25) is 0 Å². The van der Waals surface area contributed by atoms with Crippen molar-refractivity contribution in [1.29, 1.82) is 0 Å². The van der Waals surface area contributed by atoms with Crippen molar-refractivity contribution >= 4 is 23.2 Å². The number of halogens is 4. The van der Waals surface area contributed by atoms with Crippen LogP contribution in [0.1, 0.15) is 0 Å². The van der Waals surface area contributed by atoms with Gasteiger partial charge < -0.3 is 9.30 Å². The van der Waals surface area contributed by atoms with Gasteiger partial charge in [-0.2, -0.15) is 8.78 Å². The average molecular weight is 370 g/mol. The van der Waals surface area contributed by atoms with E-state index in [0.29, 0.717) is 32.8 Å². The third-order valence-corrected chi connectivity index (χ3v) is 3.94. The summed E-state index contributed by atoms with van der Waals surface area (Å²) in [6.07, 6.45) is 0. The van der Waals surface area contributed by atoms with Crippen LogP contribution < -0.4 is 4.74 Å². The van der Waals surface area contributed by atoms with Crippen LogP contribution in [0.5, 0.6) is 5.75 Å². The Bertz CT molecular complexity index is 884. The first-order valence-electron chi connectivity index (χ1n) is 6.86. The molecule has 0 fully saturated rings. The van der Waals surface area contributed by atoms with Crippen LogP contribution in [0.3, 0.4) is 0 Å². The fraction of sp³-hybridized carbons (Fsp3) is 0.125. The van der Waals surface area contributed by atoms with Gasteiger partial charge in [0.25, 0.3) is 0 Å². The fourth-order valence-corrected chi connectivity index (χ4v) is 2.81. The Morgan fingerprint density at radius 1 is 1.00 bits per heavy atom. The summed E-state index contributed by atoms with van der Waals surface area (Å²) in [6, 6.07) is 11.4. The molecule has 1 aromatic heterocycles. The highest BCUT2D eigenvalue weighted by molar-refractivity contribution is 6.36. The number of ether oxygens (including phenoxy) is 1. The van der Waals surface area contributed by atoms with Gasteiger partial charge in [-0.25, -0.2) is 0 Å². The van der Waals surface area contributed by atoms with Gasteiger partial charge in [0.15, 0.2) is 11.6 Å². The van der Waals surface area contributed by atoms with E-state index in [1.807, 2.05) is 0 Å². The smallest absolute Gasteiger partial charge is 0.387 e. The normalized spacial score (nSPS) is 11.1. The van der Waals surface area contributed by atoms with E-state index in [2.05, 4.69) is 14.9 Å². The number of alkyl halides is 2. The molecular weight excluding hydrogens is 359 g/mol. The molecule has 0 spiro atoms. The molecule has 0 aliphatic carbocycles. The molecule has 24 heavy (non-hydrogen) atoms. The van der Waals surface area contributed by atoms with Crippen LogP contribution in [0.25, 0.3) is 22.8 Å². The van der Waals surface area contributed by atoms with E-state index in [1.54, 1.807) is 48.0 Å². The Kier molecular flexibility index (Phi) is 4.69. The van der Waals surface area contributed by atoms with Gasteiger partial charge in [0, 0.05) is 17.6 Å². The van der Waals surface area contributed by atoms with Gasteiger partial charge in [-0.15, -0.1) is 10.2 Å². The van der Waals surface area contributed by atoms with Crippen molar-refractivity contribution < 1.29 is 13.5 Å². The molecule has 0 unspecified atom stereocenters. The van der Waals surface area contributed by atoms with Gasteiger partial charge >= 0.3 is 6.61 Å². The van der Waals surface area contributed by atoms with Crippen LogP contribution in [0.2, 0.25) is 10.0 Å². The zero-order valence-corrected chi connectivity index (χ0v) is 13.9. The summed E-state index contributed by atoms with van der Waals surface area (Å²) >= 11 is 12.1. The molecular formula is C16H11Cl2F2N3O. The topological polar surface area (TPSA) is 39.9 Å². The molecule has 2 aromatic carbocycles. The molecule has 3 rings (SSSR count). The van der Waals surface area contributed by atoms with Crippen LogP contribution >= 0.6 is 23.2 Å². The van der Waals surface area contributed by atoms with Crippen molar-refractivity contribution in [3.05, 3.63) is 52.5 Å². The summed E-state index contributed by atoms with van der Waals surface area (Å²) in [5, 5.41) is 9.13. The second-order valence-electron chi connectivity index (χ2n) is 4.91. The van der Waals surface area contributed by atoms with E-state index in [1.165, 1.54) is 6.07 Å². The van der Waals surface area contributed by atoms with Crippen molar-refractivity contribution in [3.8, 4) is 28.5 Å². The second kappa shape index (κ2) is 6.75. The van der Waals surface area contributed by atoms with Crippen LogP contribution in [0, 0.1) is 0 Å². The molecule has 0 N–H and O–H groups in total. The molecule has 1 heterocycles. The van der Waals surface area contributed by atoms with Crippen LogP contribution in [0.15, 0.2) is 42.5 Å². The molecule has 0 aliphatic heterocycles. The first-order chi connectivity index (χ1) is 11.5. The highest BCUT2D eigenvalue weighted by atomic mass is 35.5. The van der Waals surface area contributed by atoms with Crippen molar-refractivity contribution in [1.82, 2.24) is 14.8 Å². The van der Waals surface area contributed by atoms with E-state index in [9.17, 15) is 8.78 Å². The van der Waals surface area contributed by atoms with E-state index in [4.69, 9.17) is 23.2 Å². The lowest BCUT2D eigenvalue weighted by Crippen LogP contribution is -2.04. The quantitative estimate of drug-likeness (QED) is 0.645. The SMILES string of the molecule is Cn1c(-c2ccc(Cl)cc2Cl)nnc1-c1ccccc1OC(F)F. The van der Waals surface area contributed by atoms with E-state index in [0.717, 1.165) is 0 Å². The minimum absolute atomic E-state index is 0.0248. The number of aromatic nitrogens is 3. The zero-order valence-electron chi connectivity index (χ0n) is 12.4. The number of hydrogen-bond acceptors (Lipinski definition) is 3. The van der Waals surface area contributed by atoms with E-state index < -0.39 is 6.61 Å². The third-order valence-electron chi connectivity index (χ3n) is 3.39. The van der Waals surface area contributed by atoms with Crippen molar-refractivity contribution in [2.45, 2.75) is 6.61 Å². The first-order valence-corrected chi connectivity index (χ1v) is 7.62. The molecule has 3 aromatic rings. The Morgan fingerprint density at radius 3 is 2.33 bits per heavy atom. The lowest BCUT2D eigenvalue weighted by molar-refractivity contribution is -0.0494. The summed E-state index contributed by atoms with van der Waals surface area (Å²) in [5.41, 5.74) is 1.04. The van der Waals surface area contributed by atoms with Gasteiger partial charge in [0.05, 0.1) is 10.6 Å². The number of para-hydroxylation sites is 1. The molecule has 0 aliphatic rings. The summed E-state index contributed by atoms with van der Waals surface area (Å²) in [4.78, 5) is 0. The highest BCUT2D eigenvalue weighted by Crippen LogP contribution is 2.34. The maximum atomic E-state index is 12.6. The van der Waals surface area contributed by atoms with Crippen molar-refractivity contribution in [2.75, 3.05) is 0 Å². The van der Waals surface area contributed by atoms with Gasteiger partial charge in [-0.05, 0) is 30.3 Å². The Labute approximate surface area is 146 Å². The maximum absolute atomic E-state index is 12.6. The summed E-state index contributed by atoms with van der Waals surface area (Å²) in [5.74, 6) is 0.891. The first kappa shape index (κ1) is 16.7. The monoisotopic (exact) mass is 369 g/mol.